The maximum absolute atomic E-state index is 12.2. The van der Waals surface area contributed by atoms with Crippen molar-refractivity contribution < 1.29 is 19.1 Å². The second-order valence-electron chi connectivity index (χ2n) is 7.39. The number of nitriles is 1. The van der Waals surface area contributed by atoms with Crippen LogP contribution in [0.5, 0.6) is 0 Å². The summed E-state index contributed by atoms with van der Waals surface area (Å²) in [5.74, 6) is -1.41. The van der Waals surface area contributed by atoms with Crippen LogP contribution in [0.2, 0.25) is 0 Å². The van der Waals surface area contributed by atoms with Gasteiger partial charge in [0.15, 0.2) is 6.61 Å². The second-order valence-corrected chi connectivity index (χ2v) is 7.39. The fourth-order valence-electron chi connectivity index (χ4n) is 3.26. The first-order valence-corrected chi connectivity index (χ1v) is 9.52. The van der Waals surface area contributed by atoms with E-state index in [9.17, 15) is 19.6 Å². The van der Waals surface area contributed by atoms with Gasteiger partial charge in [-0.05, 0) is 42.0 Å². The molecule has 1 aliphatic carbocycles. The van der Waals surface area contributed by atoms with Crippen LogP contribution in [0.15, 0.2) is 42.5 Å². The fraction of sp³-hybridized carbons (Fsp3) is 0.364. The van der Waals surface area contributed by atoms with Crippen LogP contribution in [0.25, 0.3) is 10.8 Å². The van der Waals surface area contributed by atoms with Gasteiger partial charge in [-0.2, -0.15) is 5.26 Å². The lowest BCUT2D eigenvalue weighted by molar-refractivity contribution is -0.148. The Hall–Kier alpha value is -3.40. The number of esters is 1. The van der Waals surface area contributed by atoms with Crippen LogP contribution in [-0.4, -0.2) is 36.5 Å². The third-order valence-electron chi connectivity index (χ3n) is 5.05. The molecule has 1 aliphatic rings. The van der Waals surface area contributed by atoms with Gasteiger partial charge in [0.1, 0.15) is 12.1 Å². The van der Waals surface area contributed by atoms with Gasteiger partial charge in [-0.1, -0.05) is 42.5 Å². The van der Waals surface area contributed by atoms with E-state index in [4.69, 9.17) is 4.74 Å². The summed E-state index contributed by atoms with van der Waals surface area (Å²) in [7, 11) is 0. The zero-order valence-electron chi connectivity index (χ0n) is 16.2. The average molecular weight is 393 g/mol. The van der Waals surface area contributed by atoms with Crippen molar-refractivity contribution in [2.24, 2.45) is 5.92 Å². The van der Waals surface area contributed by atoms with Crippen LogP contribution in [0.4, 0.5) is 0 Å². The number of hydrogen-bond acceptors (Lipinski definition) is 5. The van der Waals surface area contributed by atoms with Crippen molar-refractivity contribution in [1.29, 1.82) is 5.26 Å². The van der Waals surface area contributed by atoms with Crippen LogP contribution in [0, 0.1) is 17.2 Å². The van der Waals surface area contributed by atoms with Crippen LogP contribution < -0.4 is 10.6 Å². The van der Waals surface area contributed by atoms with E-state index in [-0.39, 0.29) is 24.8 Å². The summed E-state index contributed by atoms with van der Waals surface area (Å²) in [6, 6.07) is 15.6. The fourth-order valence-corrected chi connectivity index (χ4v) is 3.26. The molecule has 29 heavy (non-hydrogen) atoms. The van der Waals surface area contributed by atoms with Gasteiger partial charge in [0.2, 0.25) is 5.91 Å². The second kappa shape index (κ2) is 8.74. The number of carbonyl (C=O) groups is 3. The molecule has 1 saturated carbocycles. The van der Waals surface area contributed by atoms with Gasteiger partial charge in [-0.25, -0.2) is 0 Å². The number of nitrogens with zero attached hydrogens (tertiary/aromatic N) is 1. The van der Waals surface area contributed by atoms with Gasteiger partial charge in [-0.15, -0.1) is 0 Å². The molecule has 1 fully saturated rings. The Morgan fingerprint density at radius 1 is 1.14 bits per heavy atom. The minimum absolute atomic E-state index is 0.136. The molecule has 0 unspecified atom stereocenters. The molecule has 0 heterocycles. The molecule has 0 radical (unpaired) electrons. The molecule has 7 heteroatoms. The Kier molecular flexibility index (Phi) is 6.13. The number of fused-ring (bicyclic) bond motifs is 1. The van der Waals surface area contributed by atoms with E-state index in [0.29, 0.717) is 0 Å². The normalized spacial score (nSPS) is 15.0. The van der Waals surface area contributed by atoms with Gasteiger partial charge in [0, 0.05) is 0 Å². The number of benzene rings is 2. The highest BCUT2D eigenvalue weighted by atomic mass is 16.5. The van der Waals surface area contributed by atoms with Gasteiger partial charge < -0.3 is 15.4 Å². The lowest BCUT2D eigenvalue weighted by Crippen LogP contribution is -2.48. The Bertz CT molecular complexity index is 972. The molecule has 0 spiro atoms. The van der Waals surface area contributed by atoms with Crippen molar-refractivity contribution in [2.75, 3.05) is 13.2 Å². The van der Waals surface area contributed by atoms with Crippen molar-refractivity contribution in [3.63, 3.8) is 0 Å². The van der Waals surface area contributed by atoms with Crippen molar-refractivity contribution in [1.82, 2.24) is 10.6 Å². The highest BCUT2D eigenvalue weighted by molar-refractivity contribution is 5.91. The number of rotatable bonds is 8. The molecule has 2 amide bonds. The molecule has 0 bridgehead atoms. The minimum Gasteiger partial charge on any atom is -0.454 e. The zero-order valence-corrected chi connectivity index (χ0v) is 16.2. The van der Waals surface area contributed by atoms with E-state index in [1.54, 1.807) is 6.92 Å². The number of amides is 2. The smallest absolute Gasteiger partial charge is 0.325 e. The molecule has 1 atom stereocenters. The van der Waals surface area contributed by atoms with Crippen LogP contribution >= 0.6 is 0 Å². The molecule has 0 saturated heterocycles. The third kappa shape index (κ3) is 5.32. The third-order valence-corrected chi connectivity index (χ3v) is 5.05. The van der Waals surface area contributed by atoms with Crippen molar-refractivity contribution >= 4 is 28.6 Å². The quantitative estimate of drug-likeness (QED) is 0.666. The number of nitrogens with one attached hydrogen (secondary N) is 2. The molecule has 0 aliphatic heterocycles. The summed E-state index contributed by atoms with van der Waals surface area (Å²) in [6.07, 6.45) is 1.93. The molecule has 2 N–H and O–H groups in total. The van der Waals surface area contributed by atoms with E-state index < -0.39 is 24.0 Å². The van der Waals surface area contributed by atoms with Crippen molar-refractivity contribution in [2.45, 2.75) is 31.7 Å². The molecular formula is C22H23N3O4. The Morgan fingerprint density at radius 3 is 2.59 bits per heavy atom. The van der Waals surface area contributed by atoms with Crippen LogP contribution in [0.1, 0.15) is 25.3 Å². The lowest BCUT2D eigenvalue weighted by Gasteiger charge is -2.22. The standard InChI is InChI=1S/C22H23N3O4/c1-22(14-23,17-9-10-17)25-20(27)13-29-21(28)12-24-19(26)11-16-7-4-6-15-5-2-3-8-18(15)16/h2-8,17H,9-13H2,1H3,(H,24,26)(H,25,27)/t22-/m1/s1. The predicted molar refractivity (Wildman–Crippen MR) is 107 cm³/mol. The lowest BCUT2D eigenvalue weighted by atomic mass is 9.98. The first-order valence-electron chi connectivity index (χ1n) is 9.52. The Labute approximate surface area is 169 Å². The number of hydrogen-bond donors (Lipinski definition) is 2. The molecule has 0 aromatic heterocycles. The SMILES string of the molecule is C[C@](C#N)(NC(=O)COC(=O)CNC(=O)Cc1cccc2ccccc12)C1CC1. The minimum atomic E-state index is -0.934. The predicted octanol–water partition coefficient (Wildman–Crippen LogP) is 1.85. The maximum atomic E-state index is 12.2. The van der Waals surface area contributed by atoms with Crippen molar-refractivity contribution in [3.8, 4) is 6.07 Å². The number of ether oxygens (including phenoxy) is 1. The average Bonchev–Trinajstić information content (AvgIpc) is 3.57. The van der Waals surface area contributed by atoms with E-state index in [1.807, 2.05) is 42.5 Å². The largest absolute Gasteiger partial charge is 0.454 e. The van der Waals surface area contributed by atoms with E-state index >= 15 is 0 Å². The van der Waals surface area contributed by atoms with Gasteiger partial charge in [0.05, 0.1) is 12.5 Å². The summed E-state index contributed by atoms with van der Waals surface area (Å²) in [6.45, 7) is 0.856. The summed E-state index contributed by atoms with van der Waals surface area (Å²) >= 11 is 0. The van der Waals surface area contributed by atoms with Crippen LogP contribution in [0.3, 0.4) is 0 Å². The topological polar surface area (TPSA) is 108 Å². The maximum Gasteiger partial charge on any atom is 0.325 e. The van der Waals surface area contributed by atoms with E-state index in [1.165, 1.54) is 0 Å². The van der Waals surface area contributed by atoms with Gasteiger partial charge in [-0.3, -0.25) is 14.4 Å². The molecule has 2 aromatic rings. The van der Waals surface area contributed by atoms with Crippen molar-refractivity contribution in [3.05, 3.63) is 48.0 Å². The highest BCUT2D eigenvalue weighted by Crippen LogP contribution is 2.39. The van der Waals surface area contributed by atoms with E-state index in [2.05, 4.69) is 16.7 Å². The van der Waals surface area contributed by atoms with Gasteiger partial charge >= 0.3 is 5.97 Å². The first-order chi connectivity index (χ1) is 13.9. The summed E-state index contributed by atoms with van der Waals surface area (Å²) in [5, 5.41) is 16.4. The molecule has 7 nitrogen and oxygen atoms in total. The molecule has 3 rings (SSSR count). The number of carbonyl (C=O) groups excluding carboxylic acids is 3. The van der Waals surface area contributed by atoms with E-state index in [0.717, 1.165) is 29.2 Å². The highest BCUT2D eigenvalue weighted by Gasteiger charge is 2.43. The molecular weight excluding hydrogens is 370 g/mol. The summed E-state index contributed by atoms with van der Waals surface area (Å²) < 4.78 is 4.89. The van der Waals surface area contributed by atoms with Crippen LogP contribution in [-0.2, 0) is 25.5 Å². The molecule has 150 valence electrons. The first kappa shape index (κ1) is 20.3. The molecule has 2 aromatic carbocycles. The van der Waals surface area contributed by atoms with Gasteiger partial charge in [0.25, 0.3) is 5.91 Å². The summed E-state index contributed by atoms with van der Waals surface area (Å²) in [4.78, 5) is 35.9. The summed E-state index contributed by atoms with van der Waals surface area (Å²) in [5.41, 5.74) is -0.0694. The Balaban J connectivity index is 1.42. The zero-order chi connectivity index (χ0) is 20.9. The monoisotopic (exact) mass is 393 g/mol. The Morgan fingerprint density at radius 2 is 1.86 bits per heavy atom.